The zero-order valence-corrected chi connectivity index (χ0v) is 20.9. The quantitative estimate of drug-likeness (QED) is 0.435. The van der Waals surface area contributed by atoms with Gasteiger partial charge in [0.25, 0.3) is 5.91 Å². The molecule has 0 atom stereocenters. The second-order valence-corrected chi connectivity index (χ2v) is 8.85. The van der Waals surface area contributed by atoms with Crippen molar-refractivity contribution in [2.75, 3.05) is 25.1 Å². The van der Waals surface area contributed by atoms with Gasteiger partial charge in [-0.15, -0.1) is 23.7 Å². The Labute approximate surface area is 210 Å². The minimum absolute atomic E-state index is 0. The number of fused-ring (bicyclic) bond motifs is 1. The molecule has 3 aromatic rings. The third-order valence-corrected chi connectivity index (χ3v) is 6.66. The lowest BCUT2D eigenvalue weighted by Gasteiger charge is -2.26. The number of amides is 1. The maximum atomic E-state index is 13.0. The van der Waals surface area contributed by atoms with Gasteiger partial charge >= 0.3 is 0 Å². The molecule has 0 aliphatic carbocycles. The Kier molecular flexibility index (Phi) is 8.94. The summed E-state index contributed by atoms with van der Waals surface area (Å²) in [5, 5.41) is 13.4. The van der Waals surface area contributed by atoms with Crippen LogP contribution >= 0.6 is 23.7 Å². The van der Waals surface area contributed by atoms with E-state index in [4.69, 9.17) is 9.47 Å². The molecule has 2 heterocycles. The van der Waals surface area contributed by atoms with Crippen molar-refractivity contribution in [3.8, 4) is 17.6 Å². The van der Waals surface area contributed by atoms with Crippen LogP contribution in [0.15, 0.2) is 48.5 Å². The topological polar surface area (TPSA) is 74.6 Å². The number of nitriles is 1. The molecule has 1 N–H and O–H groups in total. The number of nitrogens with zero attached hydrogens (tertiary/aromatic N) is 2. The molecule has 0 unspecified atom stereocenters. The summed E-state index contributed by atoms with van der Waals surface area (Å²) in [7, 11) is 0. The summed E-state index contributed by atoms with van der Waals surface area (Å²) in [6.45, 7) is 7.31. The molecule has 6 nitrogen and oxygen atoms in total. The van der Waals surface area contributed by atoms with Crippen molar-refractivity contribution < 1.29 is 14.3 Å². The molecule has 178 valence electrons. The van der Waals surface area contributed by atoms with E-state index < -0.39 is 0 Å². The van der Waals surface area contributed by atoms with E-state index in [9.17, 15) is 10.1 Å². The average molecular weight is 498 g/mol. The summed E-state index contributed by atoms with van der Waals surface area (Å²) in [5.74, 6) is 0.878. The molecule has 1 aromatic heterocycles. The third kappa shape index (κ3) is 5.71. The average Bonchev–Trinajstić information content (AvgIpc) is 3.17. The molecule has 0 spiro atoms. The minimum atomic E-state index is -0.268. The zero-order chi connectivity index (χ0) is 23.2. The number of carbonyl (C=O) groups is 1. The highest BCUT2D eigenvalue weighted by atomic mass is 35.5. The molecular weight excluding hydrogens is 470 g/mol. The van der Waals surface area contributed by atoms with Crippen LogP contribution in [-0.2, 0) is 19.5 Å². The van der Waals surface area contributed by atoms with Crippen molar-refractivity contribution in [3.63, 3.8) is 0 Å². The molecule has 0 radical (unpaired) electrons. The van der Waals surface area contributed by atoms with Gasteiger partial charge in [-0.1, -0.05) is 30.3 Å². The first kappa shape index (κ1) is 25.6. The molecular formula is C26H28ClN3O3S. The van der Waals surface area contributed by atoms with Gasteiger partial charge in [0.1, 0.15) is 11.1 Å². The molecule has 1 amide bonds. The van der Waals surface area contributed by atoms with E-state index in [-0.39, 0.29) is 18.3 Å². The van der Waals surface area contributed by atoms with Crippen LogP contribution in [0.25, 0.3) is 0 Å². The van der Waals surface area contributed by atoms with Gasteiger partial charge in [-0.25, -0.2) is 0 Å². The molecule has 2 aromatic carbocycles. The number of thiophene rings is 1. The van der Waals surface area contributed by atoms with Crippen LogP contribution in [0.5, 0.6) is 11.5 Å². The monoisotopic (exact) mass is 497 g/mol. The van der Waals surface area contributed by atoms with E-state index in [2.05, 4.69) is 40.6 Å². The van der Waals surface area contributed by atoms with Gasteiger partial charge in [0.2, 0.25) is 0 Å². The first-order valence-electron chi connectivity index (χ1n) is 11.1. The Hall–Kier alpha value is -3.05. The summed E-state index contributed by atoms with van der Waals surface area (Å²) in [6, 6.07) is 17.8. The molecule has 34 heavy (non-hydrogen) atoms. The summed E-state index contributed by atoms with van der Waals surface area (Å²) >= 11 is 1.50. The van der Waals surface area contributed by atoms with Gasteiger partial charge in [-0.3, -0.25) is 9.69 Å². The SMILES string of the molecule is CCOc1ccc(C(=O)Nc2sc3c(c2C#N)CCN(Cc2ccccc2)C3)cc1OCC.Cl. The number of anilines is 1. The molecule has 1 aliphatic heterocycles. The van der Waals surface area contributed by atoms with Gasteiger partial charge in [-0.2, -0.15) is 5.26 Å². The van der Waals surface area contributed by atoms with Crippen LogP contribution in [-0.4, -0.2) is 30.6 Å². The van der Waals surface area contributed by atoms with Crippen LogP contribution in [0.4, 0.5) is 5.00 Å². The lowest BCUT2D eigenvalue weighted by molar-refractivity contribution is 0.102. The van der Waals surface area contributed by atoms with Gasteiger partial charge in [0.15, 0.2) is 11.5 Å². The lowest BCUT2D eigenvalue weighted by Crippen LogP contribution is -2.29. The Morgan fingerprint density at radius 3 is 2.56 bits per heavy atom. The number of ether oxygens (including phenoxy) is 2. The maximum absolute atomic E-state index is 13.0. The normalized spacial score (nSPS) is 12.7. The number of hydrogen-bond donors (Lipinski definition) is 1. The number of halogens is 1. The molecule has 0 fully saturated rings. The van der Waals surface area contributed by atoms with E-state index >= 15 is 0 Å². The summed E-state index contributed by atoms with van der Waals surface area (Å²) in [6.07, 6.45) is 0.801. The van der Waals surface area contributed by atoms with Crippen molar-refractivity contribution >= 4 is 34.7 Å². The molecule has 0 bridgehead atoms. The third-order valence-electron chi connectivity index (χ3n) is 5.53. The van der Waals surface area contributed by atoms with E-state index in [1.54, 1.807) is 18.2 Å². The lowest BCUT2D eigenvalue weighted by atomic mass is 10.0. The molecule has 0 saturated heterocycles. The number of hydrogen-bond acceptors (Lipinski definition) is 6. The molecule has 1 aliphatic rings. The zero-order valence-electron chi connectivity index (χ0n) is 19.3. The first-order chi connectivity index (χ1) is 16.1. The fourth-order valence-electron chi connectivity index (χ4n) is 4.01. The second-order valence-electron chi connectivity index (χ2n) is 7.75. The fraction of sp³-hybridized carbons (Fsp3) is 0.308. The van der Waals surface area contributed by atoms with Crippen LogP contribution in [0, 0.1) is 11.3 Å². The van der Waals surface area contributed by atoms with Crippen molar-refractivity contribution in [2.45, 2.75) is 33.4 Å². The Balaban J connectivity index is 0.00000324. The van der Waals surface area contributed by atoms with Gasteiger partial charge < -0.3 is 14.8 Å². The number of nitrogens with one attached hydrogen (secondary N) is 1. The summed E-state index contributed by atoms with van der Waals surface area (Å²) in [4.78, 5) is 16.5. The number of carbonyl (C=O) groups excluding carboxylic acids is 1. The number of benzene rings is 2. The van der Waals surface area contributed by atoms with E-state index in [0.29, 0.717) is 40.8 Å². The molecule has 4 rings (SSSR count). The summed E-state index contributed by atoms with van der Waals surface area (Å²) < 4.78 is 11.2. The van der Waals surface area contributed by atoms with Crippen molar-refractivity contribution in [1.29, 1.82) is 5.26 Å². The van der Waals surface area contributed by atoms with Crippen LogP contribution in [0.2, 0.25) is 0 Å². The summed E-state index contributed by atoms with van der Waals surface area (Å²) in [5.41, 5.74) is 3.37. The van der Waals surface area contributed by atoms with E-state index in [1.165, 1.54) is 16.9 Å². The van der Waals surface area contributed by atoms with E-state index in [0.717, 1.165) is 36.5 Å². The second kappa shape index (κ2) is 11.9. The Morgan fingerprint density at radius 2 is 1.85 bits per heavy atom. The Bertz CT molecular complexity index is 1170. The van der Waals surface area contributed by atoms with Crippen molar-refractivity contribution in [1.82, 2.24) is 4.90 Å². The maximum Gasteiger partial charge on any atom is 0.256 e. The highest BCUT2D eigenvalue weighted by Crippen LogP contribution is 2.37. The highest BCUT2D eigenvalue weighted by Gasteiger charge is 2.25. The fourth-order valence-corrected chi connectivity index (χ4v) is 5.24. The van der Waals surface area contributed by atoms with Gasteiger partial charge in [-0.05, 0) is 49.6 Å². The van der Waals surface area contributed by atoms with Gasteiger partial charge in [0.05, 0.1) is 18.8 Å². The van der Waals surface area contributed by atoms with E-state index in [1.807, 2.05) is 19.9 Å². The predicted molar refractivity (Wildman–Crippen MR) is 137 cm³/mol. The number of rotatable bonds is 8. The predicted octanol–water partition coefficient (Wildman–Crippen LogP) is 5.65. The van der Waals surface area contributed by atoms with Crippen molar-refractivity contribution in [3.05, 3.63) is 75.7 Å². The highest BCUT2D eigenvalue weighted by molar-refractivity contribution is 7.16. The molecule has 0 saturated carbocycles. The Morgan fingerprint density at radius 1 is 1.12 bits per heavy atom. The first-order valence-corrected chi connectivity index (χ1v) is 12.0. The largest absolute Gasteiger partial charge is 0.490 e. The van der Waals surface area contributed by atoms with Crippen LogP contribution in [0.3, 0.4) is 0 Å². The van der Waals surface area contributed by atoms with Gasteiger partial charge in [0, 0.05) is 30.1 Å². The standard InChI is InChI=1S/C26H27N3O3S.ClH/c1-3-31-22-11-10-19(14-23(22)32-4-2)25(30)28-26-21(15-27)20-12-13-29(17-24(20)33-26)16-18-8-6-5-7-9-18;/h5-11,14H,3-4,12-13,16-17H2,1-2H3,(H,28,30);1H. The minimum Gasteiger partial charge on any atom is -0.490 e. The van der Waals surface area contributed by atoms with Crippen molar-refractivity contribution in [2.24, 2.45) is 0 Å². The van der Waals surface area contributed by atoms with Crippen LogP contribution < -0.4 is 14.8 Å². The van der Waals surface area contributed by atoms with Crippen LogP contribution in [0.1, 0.15) is 45.8 Å². The molecule has 8 heteroatoms. The smallest absolute Gasteiger partial charge is 0.256 e.